The Morgan fingerprint density at radius 1 is 1.25 bits per heavy atom. The molecule has 0 aliphatic heterocycles. The Bertz CT molecular complexity index is 1200. The highest BCUT2D eigenvalue weighted by Crippen LogP contribution is 2.32. The molecule has 3 atom stereocenters. The first-order valence-corrected chi connectivity index (χ1v) is 12.4. The second-order valence-electron chi connectivity index (χ2n) is 10.4. The predicted octanol–water partition coefficient (Wildman–Crippen LogP) is 3.60. The fraction of sp³-hybridized carbons (Fsp3) is 0.464. The molecular weight excluding hydrogens is 454 g/mol. The number of rotatable bonds is 9. The van der Waals surface area contributed by atoms with Gasteiger partial charge in [0.1, 0.15) is 5.69 Å². The molecule has 3 rings (SSSR count). The molecule has 2 heterocycles. The molecule has 0 aromatic carbocycles. The minimum absolute atomic E-state index is 0.0934. The molecule has 0 radical (unpaired) electrons. The summed E-state index contributed by atoms with van der Waals surface area (Å²) in [5.41, 5.74) is 3.47. The van der Waals surface area contributed by atoms with Gasteiger partial charge in [0.15, 0.2) is 0 Å². The summed E-state index contributed by atoms with van der Waals surface area (Å²) < 4.78 is 3.47. The van der Waals surface area contributed by atoms with Gasteiger partial charge >= 0.3 is 0 Å². The number of amides is 1. The summed E-state index contributed by atoms with van der Waals surface area (Å²) in [6, 6.07) is 1.61. The lowest BCUT2D eigenvalue weighted by atomic mass is 9.80. The van der Waals surface area contributed by atoms with Crippen LogP contribution in [-0.2, 0) is 18.4 Å². The molecular formula is C28H39N5O3. The molecule has 8 nitrogen and oxygen atoms in total. The van der Waals surface area contributed by atoms with Gasteiger partial charge in [-0.25, -0.2) is 0 Å². The van der Waals surface area contributed by atoms with Gasteiger partial charge in [0.25, 0.3) is 11.5 Å². The van der Waals surface area contributed by atoms with E-state index in [0.29, 0.717) is 36.6 Å². The van der Waals surface area contributed by atoms with Crippen molar-refractivity contribution in [2.45, 2.75) is 51.8 Å². The number of allylic oxidation sites excluding steroid dienone is 2. The topological polar surface area (TPSA) is 92.4 Å². The maximum atomic E-state index is 13.2. The second-order valence-corrected chi connectivity index (χ2v) is 10.4. The van der Waals surface area contributed by atoms with Crippen molar-refractivity contribution in [2.24, 2.45) is 18.9 Å². The fourth-order valence-electron chi connectivity index (χ4n) is 4.55. The molecule has 1 saturated carbocycles. The largest absolute Gasteiger partial charge is 0.391 e. The van der Waals surface area contributed by atoms with E-state index in [1.54, 1.807) is 35.6 Å². The molecule has 194 valence electrons. The van der Waals surface area contributed by atoms with Crippen molar-refractivity contribution in [3.63, 3.8) is 0 Å². The average Bonchev–Trinajstić information content (AvgIpc) is 3.26. The van der Waals surface area contributed by atoms with Crippen molar-refractivity contribution < 1.29 is 9.90 Å². The Morgan fingerprint density at radius 2 is 1.97 bits per heavy atom. The van der Waals surface area contributed by atoms with E-state index < -0.39 is 6.10 Å². The van der Waals surface area contributed by atoms with Gasteiger partial charge in [0.05, 0.1) is 18.3 Å². The van der Waals surface area contributed by atoms with Crippen molar-refractivity contribution in [3.05, 3.63) is 71.5 Å². The highest BCUT2D eigenvalue weighted by molar-refractivity contribution is 5.95. The molecule has 8 heteroatoms. The SMILES string of the molecule is C=C(/C=C\C(=C)C1CCC(Nc2cc(-c3cnn(C)c3)cn(CC(C)C)c2=O)C(O)C1)C(=O)N(C)C. The summed E-state index contributed by atoms with van der Waals surface area (Å²) in [4.78, 5) is 26.7. The Morgan fingerprint density at radius 3 is 2.56 bits per heavy atom. The first kappa shape index (κ1) is 27.2. The maximum Gasteiger partial charge on any atom is 0.273 e. The molecule has 0 spiro atoms. The zero-order valence-electron chi connectivity index (χ0n) is 22.1. The third-order valence-corrected chi connectivity index (χ3v) is 6.55. The van der Waals surface area contributed by atoms with E-state index in [2.05, 4.69) is 37.4 Å². The molecule has 1 aliphatic carbocycles. The van der Waals surface area contributed by atoms with Crippen molar-refractivity contribution >= 4 is 11.6 Å². The molecule has 1 aliphatic rings. The van der Waals surface area contributed by atoms with Gasteiger partial charge in [-0.2, -0.15) is 5.10 Å². The number of nitrogens with zero attached hydrogens (tertiary/aromatic N) is 4. The number of hydrogen-bond acceptors (Lipinski definition) is 5. The standard InChI is InChI=1S/C28H39N5O3/c1-18(2)15-33-17-22(23-14-29-32(7)16-23)12-25(28(33)36)30-24-11-10-21(13-26(24)34)19(3)8-9-20(4)27(35)31(5)6/h8-9,12,14,16-18,21,24,26,30,34H,3-4,10-11,13,15H2,1-2,5-7H3/b9-8-. The van der Waals surface area contributed by atoms with Crippen molar-refractivity contribution in [3.8, 4) is 11.1 Å². The molecule has 3 unspecified atom stereocenters. The summed E-state index contributed by atoms with van der Waals surface area (Å²) >= 11 is 0. The van der Waals surface area contributed by atoms with Crippen LogP contribution in [0.2, 0.25) is 0 Å². The number of likely N-dealkylation sites (N-methyl/N-ethyl adjacent to an activating group) is 1. The number of aliphatic hydroxyl groups excluding tert-OH is 1. The van der Waals surface area contributed by atoms with E-state index >= 15 is 0 Å². The number of aromatic nitrogens is 3. The monoisotopic (exact) mass is 493 g/mol. The van der Waals surface area contributed by atoms with E-state index in [1.165, 1.54) is 4.90 Å². The van der Waals surface area contributed by atoms with Crippen LogP contribution < -0.4 is 10.9 Å². The van der Waals surface area contributed by atoms with E-state index in [4.69, 9.17) is 0 Å². The van der Waals surface area contributed by atoms with E-state index in [-0.39, 0.29) is 23.4 Å². The van der Waals surface area contributed by atoms with Crippen LogP contribution in [0, 0.1) is 11.8 Å². The normalized spacial score (nSPS) is 20.0. The third kappa shape index (κ3) is 6.63. The van der Waals surface area contributed by atoms with Crippen LogP contribution >= 0.6 is 0 Å². The zero-order chi connectivity index (χ0) is 26.6. The van der Waals surface area contributed by atoms with Gasteiger partial charge in [-0.1, -0.05) is 38.7 Å². The number of aryl methyl sites for hydroxylation is 1. The number of carbonyl (C=O) groups is 1. The number of hydrogen-bond donors (Lipinski definition) is 2. The Kier molecular flexibility index (Phi) is 8.74. The van der Waals surface area contributed by atoms with Crippen molar-refractivity contribution in [1.29, 1.82) is 0 Å². The zero-order valence-corrected chi connectivity index (χ0v) is 22.1. The molecule has 2 aromatic heterocycles. The van der Waals surface area contributed by atoms with Crippen molar-refractivity contribution in [1.82, 2.24) is 19.2 Å². The molecule has 2 N–H and O–H groups in total. The fourth-order valence-corrected chi connectivity index (χ4v) is 4.55. The number of aliphatic hydroxyl groups is 1. The van der Waals surface area contributed by atoms with E-state index in [9.17, 15) is 14.7 Å². The van der Waals surface area contributed by atoms with E-state index in [1.807, 2.05) is 31.6 Å². The summed E-state index contributed by atoms with van der Waals surface area (Å²) in [6.07, 6.45) is 10.5. The highest BCUT2D eigenvalue weighted by Gasteiger charge is 2.30. The Balaban J connectivity index is 1.74. The summed E-state index contributed by atoms with van der Waals surface area (Å²) in [7, 11) is 5.23. The summed E-state index contributed by atoms with van der Waals surface area (Å²) in [5, 5.41) is 18.6. The highest BCUT2D eigenvalue weighted by atomic mass is 16.3. The van der Waals surface area contributed by atoms with Crippen LogP contribution in [0.3, 0.4) is 0 Å². The number of pyridine rings is 1. The smallest absolute Gasteiger partial charge is 0.273 e. The minimum Gasteiger partial charge on any atom is -0.391 e. The van der Waals surface area contributed by atoms with Crippen LogP contribution in [0.15, 0.2) is 65.9 Å². The summed E-state index contributed by atoms with van der Waals surface area (Å²) in [6.45, 7) is 12.7. The second kappa shape index (κ2) is 11.6. The molecule has 1 fully saturated rings. The van der Waals surface area contributed by atoms with Gasteiger partial charge in [-0.05, 0) is 43.2 Å². The number of anilines is 1. The van der Waals surface area contributed by atoms with Gasteiger partial charge < -0.3 is 19.9 Å². The van der Waals surface area contributed by atoms with Gasteiger partial charge in [-0.15, -0.1) is 0 Å². The van der Waals surface area contributed by atoms with Gasteiger partial charge in [0, 0.05) is 56.8 Å². The lowest BCUT2D eigenvalue weighted by Gasteiger charge is -2.34. The van der Waals surface area contributed by atoms with E-state index in [0.717, 1.165) is 23.1 Å². The van der Waals surface area contributed by atoms with Crippen molar-refractivity contribution in [2.75, 3.05) is 19.4 Å². The van der Waals surface area contributed by atoms with Gasteiger partial charge in [0.2, 0.25) is 0 Å². The Hall–Kier alpha value is -3.39. The molecule has 2 aromatic rings. The minimum atomic E-state index is -0.638. The van der Waals surface area contributed by atoms with Crippen LogP contribution in [0.25, 0.3) is 11.1 Å². The first-order valence-electron chi connectivity index (χ1n) is 12.4. The molecule has 36 heavy (non-hydrogen) atoms. The van der Waals surface area contributed by atoms with Crippen LogP contribution in [0.1, 0.15) is 33.1 Å². The molecule has 0 bridgehead atoms. The first-order chi connectivity index (χ1) is 17.0. The lowest BCUT2D eigenvalue weighted by molar-refractivity contribution is -0.124. The third-order valence-electron chi connectivity index (χ3n) is 6.55. The van der Waals surface area contributed by atoms with Crippen LogP contribution in [-0.4, -0.2) is 56.5 Å². The molecule has 1 amide bonds. The lowest BCUT2D eigenvalue weighted by Crippen LogP contribution is -2.41. The summed E-state index contributed by atoms with van der Waals surface area (Å²) in [5.74, 6) is 0.253. The molecule has 0 saturated heterocycles. The maximum absolute atomic E-state index is 13.2. The number of carbonyl (C=O) groups excluding carboxylic acids is 1. The van der Waals surface area contributed by atoms with Crippen LogP contribution in [0.4, 0.5) is 5.69 Å². The number of nitrogens with one attached hydrogen (secondary N) is 1. The Labute approximate surface area is 213 Å². The van der Waals surface area contributed by atoms with Crippen LogP contribution in [0.5, 0.6) is 0 Å². The average molecular weight is 494 g/mol. The quantitative estimate of drug-likeness (QED) is 0.411. The predicted molar refractivity (Wildman–Crippen MR) is 145 cm³/mol. The van der Waals surface area contributed by atoms with Gasteiger partial charge in [-0.3, -0.25) is 14.3 Å².